The van der Waals surface area contributed by atoms with Crippen molar-refractivity contribution in [2.24, 2.45) is 5.73 Å². The number of carboxylic acid groups (broad SMARTS) is 1. The first kappa shape index (κ1) is 19.8. The highest BCUT2D eigenvalue weighted by Gasteiger charge is 2.29. The number of aromatic carboxylic acids is 1. The van der Waals surface area contributed by atoms with Gasteiger partial charge in [-0.3, -0.25) is 9.59 Å². The molecule has 4 aromatic heterocycles. The van der Waals surface area contributed by atoms with Crippen LogP contribution in [0.4, 0.5) is 4.39 Å². The number of thiophene rings is 1. The first-order chi connectivity index (χ1) is 15.4. The van der Waals surface area contributed by atoms with Gasteiger partial charge in [0.1, 0.15) is 17.1 Å². The van der Waals surface area contributed by atoms with E-state index in [9.17, 15) is 23.9 Å². The molecule has 5 rings (SSSR count). The van der Waals surface area contributed by atoms with Gasteiger partial charge in [0.25, 0.3) is 11.5 Å². The van der Waals surface area contributed by atoms with Gasteiger partial charge in [-0.15, -0.1) is 11.3 Å². The van der Waals surface area contributed by atoms with E-state index in [2.05, 4.69) is 4.98 Å². The zero-order chi connectivity index (χ0) is 22.6. The van der Waals surface area contributed by atoms with Crippen molar-refractivity contribution in [1.29, 1.82) is 0 Å². The van der Waals surface area contributed by atoms with E-state index in [1.54, 1.807) is 17.5 Å². The fourth-order valence-corrected chi connectivity index (χ4v) is 4.70. The molecular formula is C22H14FN3O5S. The summed E-state index contributed by atoms with van der Waals surface area (Å²) in [5.74, 6) is -2.49. The van der Waals surface area contributed by atoms with Crippen LogP contribution < -0.4 is 11.3 Å². The average Bonchev–Trinajstić information content (AvgIpc) is 3.47. The average molecular weight is 451 g/mol. The van der Waals surface area contributed by atoms with Crippen molar-refractivity contribution < 1.29 is 23.5 Å². The summed E-state index contributed by atoms with van der Waals surface area (Å²) in [6.07, 6.45) is 2.74. The quantitative estimate of drug-likeness (QED) is 0.374. The van der Waals surface area contributed by atoms with Gasteiger partial charge in [-0.1, -0.05) is 0 Å². The Bertz CT molecular complexity index is 1610. The molecule has 0 atom stereocenters. The number of nitrogens with zero attached hydrogens (tertiary/aromatic N) is 1. The van der Waals surface area contributed by atoms with Crippen molar-refractivity contribution in [3.8, 4) is 11.1 Å². The van der Waals surface area contributed by atoms with Crippen LogP contribution in [0, 0.1) is 5.82 Å². The smallest absolute Gasteiger partial charge is 0.353 e. The molecule has 0 unspecified atom stereocenters. The van der Waals surface area contributed by atoms with Crippen LogP contribution in [0.2, 0.25) is 0 Å². The molecule has 0 aliphatic heterocycles. The number of nitrogens with one attached hydrogen (secondary N) is 1. The SMILES string of the molecule is NC(=O)c1cc(Cn2c(C(=O)O)c(-c3ccc[nH]c3=O)c3c4occc4c(F)cc32)cs1. The number of aromatic nitrogens is 2. The van der Waals surface area contributed by atoms with E-state index in [1.807, 2.05) is 0 Å². The van der Waals surface area contributed by atoms with E-state index < -0.39 is 23.3 Å². The summed E-state index contributed by atoms with van der Waals surface area (Å²) in [7, 11) is 0. The zero-order valence-corrected chi connectivity index (χ0v) is 17.0. The van der Waals surface area contributed by atoms with Crippen molar-refractivity contribution in [2.45, 2.75) is 6.54 Å². The number of furan rings is 1. The van der Waals surface area contributed by atoms with Gasteiger partial charge in [-0.2, -0.15) is 0 Å². The second-order valence-electron chi connectivity index (χ2n) is 7.13. The number of aromatic amines is 1. The second kappa shape index (κ2) is 7.20. The Balaban J connectivity index is 1.91. The van der Waals surface area contributed by atoms with E-state index in [-0.39, 0.29) is 39.9 Å². The molecule has 1 amide bonds. The minimum atomic E-state index is -1.30. The van der Waals surface area contributed by atoms with Crippen molar-refractivity contribution in [3.63, 3.8) is 0 Å². The fraction of sp³-hybridized carbons (Fsp3) is 0.0455. The number of hydrogen-bond acceptors (Lipinski definition) is 5. The molecule has 1 aromatic carbocycles. The number of amides is 1. The topological polar surface area (TPSA) is 131 Å². The van der Waals surface area contributed by atoms with Gasteiger partial charge in [-0.25, -0.2) is 9.18 Å². The standard InChI is InChI=1S/C22H14FN3O5S/c23-13-7-14-17(19-11(13)3-5-31-19)16(12-2-1-4-25-21(12)28)18(22(29)30)26(14)8-10-6-15(20(24)27)32-9-10/h1-7,9H,8H2,(H2,24,27)(H,25,28)(H,29,30). The Hall–Kier alpha value is -4.18. The van der Waals surface area contributed by atoms with Gasteiger partial charge in [-0.05, 0) is 41.3 Å². The second-order valence-corrected chi connectivity index (χ2v) is 8.04. The summed E-state index contributed by atoms with van der Waals surface area (Å²) < 4.78 is 21.8. The molecule has 0 saturated heterocycles. The molecule has 5 aromatic rings. The highest BCUT2D eigenvalue weighted by Crippen LogP contribution is 2.40. The molecule has 4 N–H and O–H groups in total. The monoisotopic (exact) mass is 451 g/mol. The van der Waals surface area contributed by atoms with E-state index >= 15 is 0 Å². The van der Waals surface area contributed by atoms with Crippen LogP contribution in [-0.2, 0) is 6.54 Å². The van der Waals surface area contributed by atoms with Crippen molar-refractivity contribution >= 4 is 45.1 Å². The molecule has 0 spiro atoms. The number of benzene rings is 1. The minimum absolute atomic E-state index is 0.0122. The molecular weight excluding hydrogens is 437 g/mol. The van der Waals surface area contributed by atoms with E-state index in [1.165, 1.54) is 35.2 Å². The number of nitrogens with two attached hydrogens (primary N) is 1. The molecule has 4 heterocycles. The summed E-state index contributed by atoms with van der Waals surface area (Å²) in [6, 6.07) is 7.30. The Labute approximate surface area is 182 Å². The zero-order valence-electron chi connectivity index (χ0n) is 16.2. The van der Waals surface area contributed by atoms with Gasteiger partial charge in [0.15, 0.2) is 0 Å². The summed E-state index contributed by atoms with van der Waals surface area (Å²) in [4.78, 5) is 39.4. The number of pyridine rings is 1. The maximum Gasteiger partial charge on any atom is 0.353 e. The summed E-state index contributed by atoms with van der Waals surface area (Å²) in [5.41, 5.74) is 5.86. The first-order valence-electron chi connectivity index (χ1n) is 9.37. The number of H-pyrrole nitrogens is 1. The maximum atomic E-state index is 14.9. The third kappa shape index (κ3) is 2.92. The lowest BCUT2D eigenvalue weighted by atomic mass is 10.0. The lowest BCUT2D eigenvalue weighted by molar-refractivity contribution is 0.0687. The molecule has 0 aliphatic carbocycles. The molecule has 160 valence electrons. The lowest BCUT2D eigenvalue weighted by Crippen LogP contribution is -2.13. The van der Waals surface area contributed by atoms with Gasteiger partial charge in [0.05, 0.1) is 33.0 Å². The molecule has 0 aliphatic rings. The largest absolute Gasteiger partial charge is 0.477 e. The van der Waals surface area contributed by atoms with Crippen molar-refractivity contribution in [1.82, 2.24) is 9.55 Å². The van der Waals surface area contributed by atoms with Crippen molar-refractivity contribution in [3.05, 3.63) is 80.5 Å². The summed E-state index contributed by atoms with van der Waals surface area (Å²) in [6.45, 7) is 0.0122. The number of halogens is 1. The van der Waals surface area contributed by atoms with Crippen molar-refractivity contribution in [2.75, 3.05) is 0 Å². The van der Waals surface area contributed by atoms with Crippen LogP contribution in [-0.4, -0.2) is 26.5 Å². The van der Waals surface area contributed by atoms with Gasteiger partial charge in [0.2, 0.25) is 0 Å². The molecule has 32 heavy (non-hydrogen) atoms. The molecule has 10 heteroatoms. The first-order valence-corrected chi connectivity index (χ1v) is 10.2. The van der Waals surface area contributed by atoms with Crippen LogP contribution in [0.1, 0.15) is 25.7 Å². The fourth-order valence-electron chi connectivity index (χ4n) is 3.94. The molecule has 0 radical (unpaired) electrons. The predicted molar refractivity (Wildman–Crippen MR) is 117 cm³/mol. The van der Waals surface area contributed by atoms with E-state index in [4.69, 9.17) is 10.2 Å². The molecule has 0 fully saturated rings. The van der Waals surface area contributed by atoms with Crippen LogP contribution in [0.5, 0.6) is 0 Å². The van der Waals surface area contributed by atoms with Gasteiger partial charge >= 0.3 is 5.97 Å². The Morgan fingerprint density at radius 1 is 1.28 bits per heavy atom. The number of carbonyl (C=O) groups excluding carboxylic acids is 1. The minimum Gasteiger partial charge on any atom is -0.477 e. The predicted octanol–water partition coefficient (Wildman–Crippen LogP) is 3.79. The number of fused-ring (bicyclic) bond motifs is 3. The molecule has 0 bridgehead atoms. The highest BCUT2D eigenvalue weighted by atomic mass is 32.1. The third-order valence-corrected chi connectivity index (χ3v) is 6.24. The Morgan fingerprint density at radius 3 is 2.78 bits per heavy atom. The number of hydrogen-bond donors (Lipinski definition) is 3. The van der Waals surface area contributed by atoms with Crippen LogP contribution >= 0.6 is 11.3 Å². The number of carboxylic acids is 1. The number of primary amides is 1. The summed E-state index contributed by atoms with van der Waals surface area (Å²) in [5, 5.41) is 12.3. The summed E-state index contributed by atoms with van der Waals surface area (Å²) >= 11 is 1.13. The Kier molecular flexibility index (Phi) is 4.45. The van der Waals surface area contributed by atoms with Crippen LogP contribution in [0.25, 0.3) is 33.0 Å². The van der Waals surface area contributed by atoms with Crippen LogP contribution in [0.3, 0.4) is 0 Å². The molecule has 8 nitrogen and oxygen atoms in total. The number of rotatable bonds is 5. The highest BCUT2D eigenvalue weighted by molar-refractivity contribution is 7.12. The van der Waals surface area contributed by atoms with E-state index in [0.717, 1.165) is 11.3 Å². The maximum absolute atomic E-state index is 14.9. The third-order valence-electron chi connectivity index (χ3n) is 5.24. The lowest BCUT2D eigenvalue weighted by Gasteiger charge is -2.08. The molecule has 0 saturated carbocycles. The van der Waals surface area contributed by atoms with E-state index in [0.29, 0.717) is 15.8 Å². The van der Waals surface area contributed by atoms with Crippen LogP contribution in [0.15, 0.2) is 57.4 Å². The van der Waals surface area contributed by atoms with Gasteiger partial charge < -0.3 is 24.8 Å². The van der Waals surface area contributed by atoms with Gasteiger partial charge in [0, 0.05) is 18.3 Å². The number of carbonyl (C=O) groups is 2. The Morgan fingerprint density at radius 2 is 2.09 bits per heavy atom. The normalized spacial score (nSPS) is 11.4.